The minimum atomic E-state index is -1.01. The van der Waals surface area contributed by atoms with Crippen LogP contribution in [0.2, 0.25) is 0 Å². The van der Waals surface area contributed by atoms with E-state index in [1.165, 1.54) is 9.80 Å². The Morgan fingerprint density at radius 2 is 1.73 bits per heavy atom. The number of nitrogens with one attached hydrogen (secondary N) is 3. The van der Waals surface area contributed by atoms with Crippen LogP contribution in [0.25, 0.3) is 6.08 Å². The molecule has 10 nitrogen and oxygen atoms in total. The molecule has 2 aromatic carbocycles. The van der Waals surface area contributed by atoms with E-state index in [4.69, 9.17) is 4.74 Å². The standard InChI is InChI=1S/C35H47N5O5/c1-7-23(4)30-32(41)37-19-17-24-13-15-26(16-14-24)45-28-18-20-40(31(28)33(42)38-30)34(43)27(21-25-11-9-8-10-12-25)39(6)35(44)29(36-5)22(2)3/h8-17,19,22-23,27-31,36H,7,18,20-21H2,1-6H3,(H,37,41)(H,38,42)/b19-17+/t23?,27-,28?,29-,30-,31-/m0/s1. The van der Waals surface area contributed by atoms with Gasteiger partial charge in [-0.05, 0) is 48.2 Å². The smallest absolute Gasteiger partial charge is 0.247 e. The number of carbonyl (C=O) groups excluding carboxylic acids is 4. The largest absolute Gasteiger partial charge is 0.488 e. The van der Waals surface area contributed by atoms with Gasteiger partial charge in [0.1, 0.15) is 30.0 Å². The van der Waals surface area contributed by atoms with E-state index in [0.717, 1.165) is 11.1 Å². The van der Waals surface area contributed by atoms with Gasteiger partial charge in [-0.2, -0.15) is 0 Å². The van der Waals surface area contributed by atoms with E-state index in [1.54, 1.807) is 26.4 Å². The number of hydrogen-bond acceptors (Lipinski definition) is 6. The van der Waals surface area contributed by atoms with E-state index in [9.17, 15) is 19.2 Å². The molecule has 1 fully saturated rings. The molecule has 0 saturated carbocycles. The molecule has 45 heavy (non-hydrogen) atoms. The normalized spacial score (nSPS) is 22.7. The van der Waals surface area contributed by atoms with Crippen molar-refractivity contribution in [3.63, 3.8) is 0 Å². The molecule has 1 saturated heterocycles. The highest BCUT2D eigenvalue weighted by Gasteiger charge is 2.47. The van der Waals surface area contributed by atoms with Crippen LogP contribution in [-0.4, -0.2) is 84.3 Å². The quantitative estimate of drug-likeness (QED) is 0.398. The minimum Gasteiger partial charge on any atom is -0.488 e. The summed E-state index contributed by atoms with van der Waals surface area (Å²) in [7, 11) is 3.38. The highest BCUT2D eigenvalue weighted by atomic mass is 16.5. The highest BCUT2D eigenvalue weighted by Crippen LogP contribution is 2.28. The van der Waals surface area contributed by atoms with Crippen molar-refractivity contribution < 1.29 is 23.9 Å². The Morgan fingerprint density at radius 3 is 2.36 bits per heavy atom. The number of benzene rings is 2. The zero-order chi connectivity index (χ0) is 32.7. The molecule has 3 aliphatic heterocycles. The van der Waals surface area contributed by atoms with Gasteiger partial charge in [0.05, 0.1) is 6.04 Å². The summed E-state index contributed by atoms with van der Waals surface area (Å²) < 4.78 is 6.36. The Bertz CT molecular complexity index is 1360. The monoisotopic (exact) mass is 617 g/mol. The van der Waals surface area contributed by atoms with Crippen LogP contribution in [-0.2, 0) is 25.6 Å². The number of fused-ring (bicyclic) bond motifs is 7. The number of carbonyl (C=O) groups is 4. The molecule has 4 amide bonds. The number of nitrogens with zero attached hydrogens (tertiary/aromatic N) is 2. The van der Waals surface area contributed by atoms with E-state index >= 15 is 0 Å². The van der Waals surface area contributed by atoms with Gasteiger partial charge in [0.25, 0.3) is 0 Å². The van der Waals surface area contributed by atoms with Crippen molar-refractivity contribution in [1.29, 1.82) is 0 Å². The number of likely N-dealkylation sites (tertiary alicyclic amines) is 1. The molecule has 5 rings (SSSR count). The van der Waals surface area contributed by atoms with Crippen LogP contribution in [0, 0.1) is 11.8 Å². The third-order valence-electron chi connectivity index (χ3n) is 8.97. The van der Waals surface area contributed by atoms with Gasteiger partial charge in [-0.15, -0.1) is 0 Å². The highest BCUT2D eigenvalue weighted by molar-refractivity contribution is 5.96. The number of rotatable bonds is 9. The minimum absolute atomic E-state index is 0.00256. The lowest BCUT2D eigenvalue weighted by Gasteiger charge is -2.36. The predicted molar refractivity (Wildman–Crippen MR) is 174 cm³/mol. The Kier molecular flexibility index (Phi) is 11.4. The summed E-state index contributed by atoms with van der Waals surface area (Å²) in [6.07, 6.45) is 4.04. The molecule has 0 spiro atoms. The summed E-state index contributed by atoms with van der Waals surface area (Å²) >= 11 is 0. The molecule has 2 aromatic rings. The van der Waals surface area contributed by atoms with Gasteiger partial charge in [0.2, 0.25) is 23.6 Å². The summed E-state index contributed by atoms with van der Waals surface area (Å²) in [6, 6.07) is 13.7. The first-order valence-electron chi connectivity index (χ1n) is 15.9. The van der Waals surface area contributed by atoms with E-state index in [0.29, 0.717) is 18.6 Å². The van der Waals surface area contributed by atoms with Crippen LogP contribution in [0.3, 0.4) is 0 Å². The van der Waals surface area contributed by atoms with Crippen molar-refractivity contribution in [1.82, 2.24) is 25.8 Å². The fraction of sp³-hybridized carbons (Fsp3) is 0.486. The lowest BCUT2D eigenvalue weighted by Crippen LogP contribution is -2.61. The Hall–Kier alpha value is -4.18. The maximum Gasteiger partial charge on any atom is 0.247 e. The van der Waals surface area contributed by atoms with Crippen molar-refractivity contribution in [2.24, 2.45) is 11.8 Å². The van der Waals surface area contributed by atoms with Crippen LogP contribution in [0.4, 0.5) is 0 Å². The number of amides is 4. The third kappa shape index (κ3) is 7.92. The molecular weight excluding hydrogens is 570 g/mol. The van der Waals surface area contributed by atoms with Crippen LogP contribution in [0.5, 0.6) is 5.75 Å². The van der Waals surface area contributed by atoms with Gasteiger partial charge in [0.15, 0.2) is 0 Å². The summed E-state index contributed by atoms with van der Waals surface area (Å²) in [4.78, 5) is 58.8. The van der Waals surface area contributed by atoms with E-state index in [2.05, 4.69) is 16.0 Å². The zero-order valence-corrected chi connectivity index (χ0v) is 27.2. The topological polar surface area (TPSA) is 120 Å². The Balaban J connectivity index is 1.73. The molecule has 2 bridgehead atoms. The van der Waals surface area contributed by atoms with Crippen molar-refractivity contribution in [3.8, 4) is 5.75 Å². The number of ether oxygens (including phenoxy) is 1. The molecule has 3 heterocycles. The lowest BCUT2D eigenvalue weighted by atomic mass is 9.97. The second kappa shape index (κ2) is 15.2. The van der Waals surface area contributed by atoms with Crippen LogP contribution in [0.15, 0.2) is 60.8 Å². The molecule has 0 radical (unpaired) electrons. The van der Waals surface area contributed by atoms with E-state index in [-0.39, 0.29) is 42.5 Å². The lowest BCUT2D eigenvalue weighted by molar-refractivity contribution is -0.149. The summed E-state index contributed by atoms with van der Waals surface area (Å²) in [5.41, 5.74) is 1.77. The van der Waals surface area contributed by atoms with Crippen molar-refractivity contribution in [3.05, 3.63) is 71.9 Å². The third-order valence-corrected chi connectivity index (χ3v) is 8.97. The van der Waals surface area contributed by atoms with Crippen LogP contribution in [0.1, 0.15) is 51.7 Å². The van der Waals surface area contributed by atoms with Crippen LogP contribution >= 0.6 is 0 Å². The average molecular weight is 618 g/mol. The number of hydrogen-bond donors (Lipinski definition) is 3. The van der Waals surface area contributed by atoms with Gasteiger partial charge in [-0.25, -0.2) is 0 Å². The van der Waals surface area contributed by atoms with E-state index < -0.39 is 36.2 Å². The van der Waals surface area contributed by atoms with Crippen molar-refractivity contribution in [2.45, 2.75) is 77.2 Å². The summed E-state index contributed by atoms with van der Waals surface area (Å²) in [5, 5.41) is 8.85. The first-order valence-corrected chi connectivity index (χ1v) is 15.9. The molecule has 2 unspecified atom stereocenters. The van der Waals surface area contributed by atoms with Gasteiger partial charge in [0, 0.05) is 32.6 Å². The molecule has 6 atom stereocenters. The van der Waals surface area contributed by atoms with Crippen molar-refractivity contribution in [2.75, 3.05) is 20.6 Å². The molecule has 0 aromatic heterocycles. The van der Waals surface area contributed by atoms with Gasteiger partial charge in [-0.1, -0.05) is 76.6 Å². The second-order valence-electron chi connectivity index (χ2n) is 12.4. The summed E-state index contributed by atoms with van der Waals surface area (Å²) in [6.45, 7) is 8.03. The Labute approximate surface area is 266 Å². The second-order valence-corrected chi connectivity index (χ2v) is 12.4. The molecule has 10 heteroatoms. The fourth-order valence-corrected chi connectivity index (χ4v) is 6.06. The molecule has 3 N–H and O–H groups in total. The molecule has 3 aliphatic rings. The van der Waals surface area contributed by atoms with E-state index in [1.807, 2.05) is 82.3 Å². The van der Waals surface area contributed by atoms with Gasteiger partial charge in [-0.3, -0.25) is 19.2 Å². The van der Waals surface area contributed by atoms with Gasteiger partial charge >= 0.3 is 0 Å². The molecular formula is C35H47N5O5. The van der Waals surface area contributed by atoms with Crippen LogP contribution < -0.4 is 20.7 Å². The fourth-order valence-electron chi connectivity index (χ4n) is 6.06. The maximum absolute atomic E-state index is 14.6. The predicted octanol–water partition coefficient (Wildman–Crippen LogP) is 2.98. The molecule has 0 aliphatic carbocycles. The van der Waals surface area contributed by atoms with Crippen molar-refractivity contribution >= 4 is 29.7 Å². The first kappa shape index (κ1) is 33.7. The maximum atomic E-state index is 14.6. The first-order chi connectivity index (χ1) is 21.5. The van der Waals surface area contributed by atoms with Gasteiger partial charge < -0.3 is 30.5 Å². The SMILES string of the molecule is CCC(C)[C@@H]1NC(=O)[C@@H]2C(CCN2C(=O)[C@H](Cc2ccccc2)N(C)C(=O)[C@@H](NC)C(C)C)Oc2ccc(cc2)/C=C/NC1=O. The summed E-state index contributed by atoms with van der Waals surface area (Å²) in [5.74, 6) is -0.943. The zero-order valence-electron chi connectivity index (χ0n) is 27.2. The average Bonchev–Trinajstić information content (AvgIpc) is 3.45. The number of likely N-dealkylation sites (N-methyl/N-ethyl adjacent to an activating group) is 2. The molecule has 242 valence electrons. The Morgan fingerprint density at radius 1 is 1.04 bits per heavy atom.